The zero-order chi connectivity index (χ0) is 17.2. The molecule has 0 spiro atoms. The summed E-state index contributed by atoms with van der Waals surface area (Å²) in [6.07, 6.45) is 2.16. The summed E-state index contributed by atoms with van der Waals surface area (Å²) in [6, 6.07) is 14.7. The molecule has 0 radical (unpaired) electrons. The molecule has 3 nitrogen and oxygen atoms in total. The number of hydrogen-bond acceptors (Lipinski definition) is 4. The fraction of sp³-hybridized carbons (Fsp3) is 0.300. The van der Waals surface area contributed by atoms with Crippen molar-refractivity contribution in [1.82, 2.24) is 9.88 Å². The highest BCUT2D eigenvalue weighted by molar-refractivity contribution is 7.99. The molecule has 1 saturated heterocycles. The van der Waals surface area contributed by atoms with Gasteiger partial charge >= 0.3 is 0 Å². The van der Waals surface area contributed by atoms with Crippen LogP contribution in [0.2, 0.25) is 0 Å². The van der Waals surface area contributed by atoms with Crippen LogP contribution in [0, 0.1) is 6.92 Å². The van der Waals surface area contributed by atoms with Crippen molar-refractivity contribution in [3.05, 3.63) is 58.3 Å². The first-order valence-electron chi connectivity index (χ1n) is 8.54. The molecule has 1 aliphatic heterocycles. The second kappa shape index (κ2) is 7.18. The maximum Gasteiger partial charge on any atom is 0.233 e. The average molecular weight is 369 g/mol. The van der Waals surface area contributed by atoms with Crippen molar-refractivity contribution < 1.29 is 4.79 Å². The highest BCUT2D eigenvalue weighted by atomic mass is 32.2. The molecule has 0 N–H and O–H groups in total. The number of hydrogen-bond donors (Lipinski definition) is 0. The molecule has 4 rings (SSSR count). The van der Waals surface area contributed by atoms with E-state index in [1.807, 2.05) is 23.1 Å². The number of thiophene rings is 1. The molecular weight excluding hydrogens is 348 g/mol. The van der Waals surface area contributed by atoms with Gasteiger partial charge in [-0.2, -0.15) is 0 Å². The SMILES string of the molecule is Cc1cc(SCC(=O)N2CCCC2c2cccs2)nc2ccccc12. The third-order valence-electron chi connectivity index (χ3n) is 4.69. The first kappa shape index (κ1) is 16.6. The Morgan fingerprint density at radius 1 is 1.32 bits per heavy atom. The number of aryl methyl sites for hydroxylation is 1. The summed E-state index contributed by atoms with van der Waals surface area (Å²) < 4.78 is 0. The number of amides is 1. The van der Waals surface area contributed by atoms with Gasteiger partial charge < -0.3 is 4.90 Å². The van der Waals surface area contributed by atoms with Crippen LogP contribution in [0.25, 0.3) is 10.9 Å². The average Bonchev–Trinajstić information content (AvgIpc) is 3.30. The van der Waals surface area contributed by atoms with Gasteiger partial charge in [-0.05, 0) is 48.9 Å². The van der Waals surface area contributed by atoms with E-state index in [9.17, 15) is 4.79 Å². The van der Waals surface area contributed by atoms with Gasteiger partial charge in [0.2, 0.25) is 5.91 Å². The molecular formula is C20H20N2OS2. The zero-order valence-corrected chi connectivity index (χ0v) is 15.8. The number of rotatable bonds is 4. The lowest BCUT2D eigenvalue weighted by molar-refractivity contribution is -0.129. The van der Waals surface area contributed by atoms with Crippen LogP contribution in [0.5, 0.6) is 0 Å². The van der Waals surface area contributed by atoms with Gasteiger partial charge in [0.05, 0.1) is 22.3 Å². The van der Waals surface area contributed by atoms with Gasteiger partial charge in [0.15, 0.2) is 0 Å². The van der Waals surface area contributed by atoms with Crippen LogP contribution in [0.15, 0.2) is 52.9 Å². The van der Waals surface area contributed by atoms with Crippen molar-refractivity contribution in [2.24, 2.45) is 0 Å². The van der Waals surface area contributed by atoms with Gasteiger partial charge in [-0.1, -0.05) is 36.0 Å². The fourth-order valence-electron chi connectivity index (χ4n) is 3.45. The standard InChI is InChI=1S/C20H20N2OS2/c1-14-12-19(21-16-7-3-2-6-15(14)16)25-13-20(23)22-10-4-8-17(22)18-9-5-11-24-18/h2-3,5-7,9,11-12,17H,4,8,10,13H2,1H3. The lowest BCUT2D eigenvalue weighted by Gasteiger charge is -2.23. The van der Waals surface area contributed by atoms with Gasteiger partial charge in [-0.25, -0.2) is 4.98 Å². The van der Waals surface area contributed by atoms with E-state index < -0.39 is 0 Å². The predicted octanol–water partition coefficient (Wildman–Crippen LogP) is 5.06. The second-order valence-electron chi connectivity index (χ2n) is 6.34. The smallest absolute Gasteiger partial charge is 0.233 e. The number of fused-ring (bicyclic) bond motifs is 1. The Kier molecular flexibility index (Phi) is 4.77. The highest BCUT2D eigenvalue weighted by Crippen LogP contribution is 2.35. The van der Waals surface area contributed by atoms with Crippen LogP contribution in [0.1, 0.15) is 29.3 Å². The van der Waals surface area contributed by atoms with E-state index in [4.69, 9.17) is 4.98 Å². The van der Waals surface area contributed by atoms with Crippen LogP contribution in [0.3, 0.4) is 0 Å². The van der Waals surface area contributed by atoms with Crippen LogP contribution in [0.4, 0.5) is 0 Å². The number of likely N-dealkylation sites (tertiary alicyclic amines) is 1. The van der Waals surface area contributed by atoms with Crippen LogP contribution >= 0.6 is 23.1 Å². The van der Waals surface area contributed by atoms with E-state index >= 15 is 0 Å². The summed E-state index contributed by atoms with van der Waals surface area (Å²) in [5.74, 6) is 0.667. The quantitative estimate of drug-likeness (QED) is 0.604. The van der Waals surface area contributed by atoms with E-state index in [0.717, 1.165) is 29.9 Å². The van der Waals surface area contributed by atoms with Gasteiger partial charge in [-0.15, -0.1) is 11.3 Å². The number of carbonyl (C=O) groups excluding carboxylic acids is 1. The highest BCUT2D eigenvalue weighted by Gasteiger charge is 2.30. The molecule has 25 heavy (non-hydrogen) atoms. The molecule has 3 aromatic rings. The Hall–Kier alpha value is -1.85. The molecule has 1 fully saturated rings. The summed E-state index contributed by atoms with van der Waals surface area (Å²) in [4.78, 5) is 20.8. The summed E-state index contributed by atoms with van der Waals surface area (Å²) in [6.45, 7) is 2.97. The minimum atomic E-state index is 0.216. The molecule has 0 bridgehead atoms. The molecule has 0 saturated carbocycles. The maximum atomic E-state index is 12.8. The molecule has 1 amide bonds. The van der Waals surface area contributed by atoms with Gasteiger partial charge in [-0.3, -0.25) is 4.79 Å². The van der Waals surface area contributed by atoms with Gasteiger partial charge in [0.1, 0.15) is 0 Å². The topological polar surface area (TPSA) is 33.2 Å². The van der Waals surface area contributed by atoms with E-state index in [-0.39, 0.29) is 11.9 Å². The molecule has 1 unspecified atom stereocenters. The van der Waals surface area contributed by atoms with Crippen LogP contribution in [-0.2, 0) is 4.79 Å². The Labute approximate surface area is 156 Å². The van der Waals surface area contributed by atoms with E-state index in [1.165, 1.54) is 15.8 Å². The molecule has 1 aliphatic rings. The first-order chi connectivity index (χ1) is 12.2. The first-order valence-corrected chi connectivity index (χ1v) is 10.4. The van der Waals surface area contributed by atoms with Crippen molar-refractivity contribution >= 4 is 39.9 Å². The lowest BCUT2D eigenvalue weighted by Crippen LogP contribution is -2.31. The number of nitrogens with zero attached hydrogens (tertiary/aromatic N) is 2. The van der Waals surface area contributed by atoms with Crippen molar-refractivity contribution in [3.63, 3.8) is 0 Å². The fourth-order valence-corrected chi connectivity index (χ4v) is 5.19. The summed E-state index contributed by atoms with van der Waals surface area (Å²) in [5.41, 5.74) is 2.20. The van der Waals surface area contributed by atoms with Crippen LogP contribution < -0.4 is 0 Å². The Balaban J connectivity index is 1.47. The minimum Gasteiger partial charge on any atom is -0.334 e. The van der Waals surface area contributed by atoms with Crippen molar-refractivity contribution in [2.45, 2.75) is 30.8 Å². The summed E-state index contributed by atoms with van der Waals surface area (Å²) >= 11 is 3.29. The molecule has 5 heteroatoms. The maximum absolute atomic E-state index is 12.8. The number of benzene rings is 1. The molecule has 0 aliphatic carbocycles. The summed E-state index contributed by atoms with van der Waals surface area (Å²) in [5, 5.41) is 4.19. The molecule has 1 aromatic carbocycles. The van der Waals surface area contributed by atoms with Crippen molar-refractivity contribution in [1.29, 1.82) is 0 Å². The third-order valence-corrected chi connectivity index (χ3v) is 6.56. The largest absolute Gasteiger partial charge is 0.334 e. The normalized spacial score (nSPS) is 17.3. The number of para-hydroxylation sites is 1. The molecule has 3 heterocycles. The van der Waals surface area contributed by atoms with Gasteiger partial charge in [0, 0.05) is 16.8 Å². The molecule has 1 atom stereocenters. The zero-order valence-electron chi connectivity index (χ0n) is 14.1. The predicted molar refractivity (Wildman–Crippen MR) is 105 cm³/mol. The Morgan fingerprint density at radius 3 is 3.04 bits per heavy atom. The molecule has 128 valence electrons. The van der Waals surface area contributed by atoms with Crippen molar-refractivity contribution in [2.75, 3.05) is 12.3 Å². The van der Waals surface area contributed by atoms with Crippen LogP contribution in [-0.4, -0.2) is 28.1 Å². The summed E-state index contributed by atoms with van der Waals surface area (Å²) in [7, 11) is 0. The van der Waals surface area contributed by atoms with E-state index in [1.54, 1.807) is 23.1 Å². The number of pyridine rings is 1. The number of aromatic nitrogens is 1. The van der Waals surface area contributed by atoms with Crippen molar-refractivity contribution in [3.8, 4) is 0 Å². The second-order valence-corrected chi connectivity index (χ2v) is 8.32. The van der Waals surface area contributed by atoms with E-state index in [2.05, 4.69) is 36.6 Å². The Morgan fingerprint density at radius 2 is 2.20 bits per heavy atom. The third kappa shape index (κ3) is 3.44. The Bertz CT molecular complexity index is 892. The number of thioether (sulfide) groups is 1. The minimum absolute atomic E-state index is 0.216. The monoisotopic (exact) mass is 368 g/mol. The lowest BCUT2D eigenvalue weighted by atomic mass is 10.1. The van der Waals surface area contributed by atoms with E-state index in [0.29, 0.717) is 5.75 Å². The van der Waals surface area contributed by atoms with Gasteiger partial charge in [0.25, 0.3) is 0 Å². The number of carbonyl (C=O) groups is 1. The molecule has 2 aromatic heterocycles.